The van der Waals surface area contributed by atoms with Gasteiger partial charge in [0.1, 0.15) is 0 Å². The van der Waals surface area contributed by atoms with E-state index in [9.17, 15) is 0 Å². The van der Waals surface area contributed by atoms with Gasteiger partial charge >= 0.3 is 0 Å². The second kappa shape index (κ2) is 6.50. The summed E-state index contributed by atoms with van der Waals surface area (Å²) in [5.41, 5.74) is 8.97. The van der Waals surface area contributed by atoms with Crippen molar-refractivity contribution in [2.75, 3.05) is 11.5 Å². The topological polar surface area (TPSA) is 26.0 Å². The van der Waals surface area contributed by atoms with Crippen molar-refractivity contribution in [2.24, 2.45) is 0 Å². The van der Waals surface area contributed by atoms with Crippen molar-refractivity contribution < 1.29 is 0 Å². The van der Waals surface area contributed by atoms with Crippen molar-refractivity contribution in [3.63, 3.8) is 0 Å². The summed E-state index contributed by atoms with van der Waals surface area (Å²) in [5.74, 6) is 1.21. The van der Waals surface area contributed by atoms with E-state index in [4.69, 9.17) is 5.73 Å². The molecule has 0 bridgehead atoms. The first-order chi connectivity index (χ1) is 8.79. The third-order valence-electron chi connectivity index (χ3n) is 2.86. The molecule has 0 unspecified atom stereocenters. The minimum absolute atomic E-state index is 0.811. The van der Waals surface area contributed by atoms with Gasteiger partial charge in [0.05, 0.1) is 0 Å². The van der Waals surface area contributed by atoms with Crippen molar-refractivity contribution in [3.8, 4) is 11.1 Å². The summed E-state index contributed by atoms with van der Waals surface area (Å²) in [7, 11) is 0. The maximum Gasteiger partial charge on any atom is 0.0314 e. The summed E-state index contributed by atoms with van der Waals surface area (Å²) < 4.78 is 0. The van der Waals surface area contributed by atoms with Gasteiger partial charge in [-0.15, -0.1) is 11.8 Å². The van der Waals surface area contributed by atoms with Gasteiger partial charge < -0.3 is 5.73 Å². The smallest absolute Gasteiger partial charge is 0.0314 e. The summed E-state index contributed by atoms with van der Waals surface area (Å²) in [6, 6.07) is 16.8. The highest BCUT2D eigenvalue weighted by molar-refractivity contribution is 7.99. The van der Waals surface area contributed by atoms with E-state index in [1.807, 2.05) is 23.9 Å². The molecule has 2 rings (SSSR count). The number of benzene rings is 2. The third-order valence-corrected chi connectivity index (χ3v) is 3.96. The Morgan fingerprint density at radius 3 is 2.00 bits per heavy atom. The Hall–Kier alpha value is -1.41. The number of nitrogens with two attached hydrogens (primary N) is 1. The van der Waals surface area contributed by atoms with Crippen molar-refractivity contribution in [1.82, 2.24) is 0 Å². The standard InChI is InChI=1S/C16H19NS/c1-2-3-12-18-16-10-6-14(7-11-16)13-4-8-15(17)9-5-13/h4-11H,2-3,12,17H2,1H3. The monoisotopic (exact) mass is 257 g/mol. The zero-order valence-corrected chi connectivity index (χ0v) is 11.5. The highest BCUT2D eigenvalue weighted by atomic mass is 32.2. The number of unbranched alkanes of at least 4 members (excludes halogenated alkanes) is 1. The average Bonchev–Trinajstić information content (AvgIpc) is 2.41. The predicted molar refractivity (Wildman–Crippen MR) is 81.9 cm³/mol. The Kier molecular flexibility index (Phi) is 4.71. The number of hydrogen-bond acceptors (Lipinski definition) is 2. The molecule has 0 saturated heterocycles. The lowest BCUT2D eigenvalue weighted by atomic mass is 10.1. The number of rotatable bonds is 5. The fourth-order valence-electron chi connectivity index (χ4n) is 1.75. The van der Waals surface area contributed by atoms with Crippen LogP contribution in [0.2, 0.25) is 0 Å². The van der Waals surface area contributed by atoms with Crippen molar-refractivity contribution in [1.29, 1.82) is 0 Å². The second-order valence-electron chi connectivity index (χ2n) is 4.35. The van der Waals surface area contributed by atoms with E-state index in [-0.39, 0.29) is 0 Å². The molecule has 0 aliphatic rings. The van der Waals surface area contributed by atoms with Gasteiger partial charge in [0.15, 0.2) is 0 Å². The van der Waals surface area contributed by atoms with E-state index in [0.29, 0.717) is 0 Å². The molecule has 1 nitrogen and oxygen atoms in total. The van der Waals surface area contributed by atoms with Gasteiger partial charge in [-0.1, -0.05) is 37.6 Å². The van der Waals surface area contributed by atoms with Crippen LogP contribution >= 0.6 is 11.8 Å². The van der Waals surface area contributed by atoms with Crippen LogP contribution in [0.25, 0.3) is 11.1 Å². The molecule has 0 aliphatic heterocycles. The first-order valence-corrected chi connectivity index (χ1v) is 7.37. The highest BCUT2D eigenvalue weighted by Gasteiger charge is 1.98. The molecule has 0 heterocycles. The van der Waals surface area contributed by atoms with Gasteiger partial charge in [0, 0.05) is 10.6 Å². The van der Waals surface area contributed by atoms with Gasteiger partial charge in [-0.2, -0.15) is 0 Å². The van der Waals surface area contributed by atoms with E-state index >= 15 is 0 Å². The van der Waals surface area contributed by atoms with Crippen LogP contribution in [0, 0.1) is 0 Å². The number of anilines is 1. The Morgan fingerprint density at radius 1 is 0.889 bits per heavy atom. The Balaban J connectivity index is 2.05. The molecule has 0 saturated carbocycles. The minimum Gasteiger partial charge on any atom is -0.399 e. The minimum atomic E-state index is 0.811. The average molecular weight is 257 g/mol. The first kappa shape index (κ1) is 13.0. The Morgan fingerprint density at radius 2 is 1.44 bits per heavy atom. The van der Waals surface area contributed by atoms with Gasteiger partial charge in [0.2, 0.25) is 0 Å². The zero-order chi connectivity index (χ0) is 12.8. The fourth-order valence-corrected chi connectivity index (χ4v) is 2.75. The van der Waals surface area contributed by atoms with Crippen molar-refractivity contribution in [2.45, 2.75) is 24.7 Å². The largest absolute Gasteiger partial charge is 0.399 e. The lowest BCUT2D eigenvalue weighted by molar-refractivity contribution is 0.896. The third kappa shape index (κ3) is 3.54. The molecule has 2 aromatic carbocycles. The van der Waals surface area contributed by atoms with Gasteiger partial charge in [-0.05, 0) is 47.6 Å². The summed E-state index contributed by atoms with van der Waals surface area (Å²) in [6.45, 7) is 2.23. The molecular weight excluding hydrogens is 238 g/mol. The van der Waals surface area contributed by atoms with Crippen molar-refractivity contribution >= 4 is 17.4 Å². The molecule has 0 aliphatic carbocycles. The van der Waals surface area contributed by atoms with Gasteiger partial charge in [0.25, 0.3) is 0 Å². The number of hydrogen-bond donors (Lipinski definition) is 1. The predicted octanol–water partition coefficient (Wildman–Crippen LogP) is 4.83. The van der Waals surface area contributed by atoms with E-state index in [2.05, 4.69) is 43.3 Å². The number of nitrogen functional groups attached to an aromatic ring is 1. The SMILES string of the molecule is CCCCSc1ccc(-c2ccc(N)cc2)cc1. The van der Waals surface area contributed by atoms with Gasteiger partial charge in [-0.25, -0.2) is 0 Å². The van der Waals surface area contributed by atoms with E-state index in [0.717, 1.165) is 5.69 Å². The Bertz CT molecular complexity index is 473. The zero-order valence-electron chi connectivity index (χ0n) is 10.7. The van der Waals surface area contributed by atoms with E-state index < -0.39 is 0 Å². The van der Waals surface area contributed by atoms with Crippen LogP contribution in [0.15, 0.2) is 53.4 Å². The van der Waals surface area contributed by atoms with E-state index in [1.54, 1.807) is 0 Å². The molecule has 18 heavy (non-hydrogen) atoms. The summed E-state index contributed by atoms with van der Waals surface area (Å²) in [6.07, 6.45) is 2.54. The summed E-state index contributed by atoms with van der Waals surface area (Å²) >= 11 is 1.93. The molecule has 0 radical (unpaired) electrons. The van der Waals surface area contributed by atoms with Gasteiger partial charge in [-0.3, -0.25) is 0 Å². The maximum absolute atomic E-state index is 5.69. The quantitative estimate of drug-likeness (QED) is 0.472. The summed E-state index contributed by atoms with van der Waals surface area (Å²) in [4.78, 5) is 1.35. The first-order valence-electron chi connectivity index (χ1n) is 6.38. The van der Waals surface area contributed by atoms with Crippen LogP contribution in [0.5, 0.6) is 0 Å². The molecule has 94 valence electrons. The van der Waals surface area contributed by atoms with Crippen LogP contribution in [0.1, 0.15) is 19.8 Å². The number of thioether (sulfide) groups is 1. The van der Waals surface area contributed by atoms with Crippen molar-refractivity contribution in [3.05, 3.63) is 48.5 Å². The van der Waals surface area contributed by atoms with Crippen LogP contribution < -0.4 is 5.73 Å². The molecule has 0 spiro atoms. The van der Waals surface area contributed by atoms with E-state index in [1.165, 1.54) is 34.6 Å². The molecule has 2 heteroatoms. The van der Waals surface area contributed by atoms with Crippen LogP contribution in [0.3, 0.4) is 0 Å². The molecule has 0 fully saturated rings. The van der Waals surface area contributed by atoms with Crippen LogP contribution in [0.4, 0.5) is 5.69 Å². The van der Waals surface area contributed by atoms with Crippen LogP contribution in [-0.4, -0.2) is 5.75 Å². The fraction of sp³-hybridized carbons (Fsp3) is 0.250. The molecule has 2 aromatic rings. The summed E-state index contributed by atoms with van der Waals surface area (Å²) in [5, 5.41) is 0. The highest BCUT2D eigenvalue weighted by Crippen LogP contribution is 2.25. The maximum atomic E-state index is 5.69. The molecule has 0 atom stereocenters. The molecule has 2 N–H and O–H groups in total. The molecule has 0 amide bonds. The molecule has 0 aromatic heterocycles. The normalized spacial score (nSPS) is 10.5. The second-order valence-corrected chi connectivity index (χ2v) is 5.52. The van der Waals surface area contributed by atoms with Crippen LogP contribution in [-0.2, 0) is 0 Å². The lowest BCUT2D eigenvalue weighted by Crippen LogP contribution is -1.84. The lowest BCUT2D eigenvalue weighted by Gasteiger charge is -2.04. The Labute approximate surface area is 113 Å². The molecular formula is C16H19NS.